The van der Waals surface area contributed by atoms with Gasteiger partial charge in [-0.1, -0.05) is 20.3 Å². The maximum Gasteiger partial charge on any atom is 0.327 e. The Morgan fingerprint density at radius 3 is 1.48 bits per heavy atom. The molecule has 0 aromatic carbocycles. The second-order valence-electron chi connectivity index (χ2n) is 11.7. The minimum absolute atomic E-state index is 0.0612. The highest BCUT2D eigenvalue weighted by Crippen LogP contribution is 2.10. The van der Waals surface area contributed by atoms with Crippen LogP contribution in [0.5, 0.6) is 0 Å². The van der Waals surface area contributed by atoms with Gasteiger partial charge in [-0.3, -0.25) is 38.4 Å². The molecule has 6 amide bonds. The first-order valence-electron chi connectivity index (χ1n) is 16.1. The molecule has 0 aliphatic carbocycles. The Morgan fingerprint density at radius 1 is 0.615 bits per heavy atom. The lowest BCUT2D eigenvalue weighted by molar-refractivity contribution is -0.144. The number of thiol groups is 2. The van der Waals surface area contributed by atoms with E-state index in [1.54, 1.807) is 13.8 Å². The summed E-state index contributed by atoms with van der Waals surface area (Å²) in [6.45, 7) is 2.49. The molecule has 0 saturated heterocycles. The fourth-order valence-corrected chi connectivity index (χ4v) is 4.72. The smallest absolute Gasteiger partial charge is 0.327 e. The minimum Gasteiger partial charge on any atom is -0.481 e. The number of hydrogen-bond donors (Lipinski definition) is 14. The van der Waals surface area contributed by atoms with Crippen molar-refractivity contribution < 1.29 is 63.6 Å². The van der Waals surface area contributed by atoms with Gasteiger partial charge in [-0.15, -0.1) is 0 Å². The third-order valence-corrected chi connectivity index (χ3v) is 8.30. The second-order valence-corrected chi connectivity index (χ2v) is 12.4. The molecule has 21 nitrogen and oxygen atoms in total. The molecule has 0 radical (unpaired) electrons. The van der Waals surface area contributed by atoms with E-state index < -0.39 is 121 Å². The van der Waals surface area contributed by atoms with Crippen molar-refractivity contribution in [2.75, 3.05) is 24.7 Å². The van der Waals surface area contributed by atoms with Gasteiger partial charge in [0.1, 0.15) is 36.3 Å². The summed E-state index contributed by atoms with van der Waals surface area (Å²) in [7, 11) is 0. The van der Waals surface area contributed by atoms with E-state index in [1.165, 1.54) is 0 Å². The maximum absolute atomic E-state index is 13.4. The number of rotatable bonds is 26. The third-order valence-electron chi connectivity index (χ3n) is 7.54. The lowest BCUT2D eigenvalue weighted by Crippen LogP contribution is -2.61. The van der Waals surface area contributed by atoms with Gasteiger partial charge < -0.3 is 63.8 Å². The van der Waals surface area contributed by atoms with Gasteiger partial charge in [0.25, 0.3) is 0 Å². The van der Waals surface area contributed by atoms with E-state index >= 15 is 0 Å². The lowest BCUT2D eigenvalue weighted by atomic mass is 9.97. The van der Waals surface area contributed by atoms with Crippen LogP contribution in [0.4, 0.5) is 0 Å². The molecule has 0 bridgehead atoms. The molecule has 8 atom stereocenters. The lowest BCUT2D eigenvalue weighted by Gasteiger charge is -2.28. The van der Waals surface area contributed by atoms with Gasteiger partial charge in [0, 0.05) is 11.5 Å². The van der Waals surface area contributed by atoms with Crippen LogP contribution in [0.2, 0.25) is 0 Å². The number of nitrogens with two attached hydrogens (primary N) is 2. The van der Waals surface area contributed by atoms with Gasteiger partial charge in [-0.25, -0.2) is 4.79 Å². The van der Waals surface area contributed by atoms with Crippen molar-refractivity contribution in [1.82, 2.24) is 31.9 Å². The molecule has 0 aromatic rings. The van der Waals surface area contributed by atoms with E-state index in [4.69, 9.17) is 16.6 Å². The summed E-state index contributed by atoms with van der Waals surface area (Å²) in [5.74, 6) is -11.9. The van der Waals surface area contributed by atoms with Crippen LogP contribution in [0.25, 0.3) is 0 Å². The van der Waals surface area contributed by atoms with Gasteiger partial charge in [-0.2, -0.15) is 25.3 Å². The molecular weight excluding hydrogens is 732 g/mol. The molecule has 0 heterocycles. The Kier molecular flexibility index (Phi) is 22.9. The standard InChI is InChI=1S/C29H50N8O13S2/c1-3-13(2)22(37-23(43)14(31)11-51)28(48)34-17(9-21(41)42)26(46)33-16(8-20(39)40)25(45)32-15(6-4-5-7-30)24(44)35-18(10-38)27(47)36-19(12-52)29(49)50/h13-19,22,38,51-52H,3-12,30-31H2,1-2H3,(H,32,45)(H,33,46)(H,34,48)(H,35,44)(H,36,47)(H,37,43)(H,39,40)(H,41,42)(H,49,50)/t13-,14-,15-,16-,17-,18-,19-,22-/m0/s1. The first kappa shape index (κ1) is 47.8. The first-order chi connectivity index (χ1) is 24.4. The number of aliphatic hydroxyl groups excluding tert-OH is 1. The fourth-order valence-electron chi connectivity index (χ4n) is 4.30. The molecule has 0 unspecified atom stereocenters. The second kappa shape index (κ2) is 24.9. The van der Waals surface area contributed by atoms with Crippen LogP contribution in [0.3, 0.4) is 0 Å². The number of carboxylic acids is 3. The highest BCUT2D eigenvalue weighted by molar-refractivity contribution is 7.80. The Balaban J connectivity index is 6.24. The molecule has 23 heteroatoms. The molecular formula is C29H50N8O13S2. The van der Waals surface area contributed by atoms with Crippen LogP contribution in [0.1, 0.15) is 52.4 Å². The summed E-state index contributed by atoms with van der Waals surface area (Å²) in [6, 6.07) is -10.8. The van der Waals surface area contributed by atoms with Gasteiger partial charge in [0.15, 0.2) is 0 Å². The average Bonchev–Trinajstić information content (AvgIpc) is 3.08. The predicted octanol–water partition coefficient (Wildman–Crippen LogP) is -4.72. The van der Waals surface area contributed by atoms with E-state index in [0.29, 0.717) is 12.8 Å². The number of aliphatic hydroxyl groups is 1. The summed E-state index contributed by atoms with van der Waals surface area (Å²) >= 11 is 7.77. The monoisotopic (exact) mass is 782 g/mol. The number of amides is 6. The molecule has 0 aromatic heterocycles. The molecule has 14 N–H and O–H groups in total. The molecule has 0 spiro atoms. The quantitative estimate of drug-likeness (QED) is 0.0290. The summed E-state index contributed by atoms with van der Waals surface area (Å²) < 4.78 is 0. The summed E-state index contributed by atoms with van der Waals surface area (Å²) in [5.41, 5.74) is 11.2. The third kappa shape index (κ3) is 17.4. The fraction of sp³-hybridized carbons (Fsp3) is 0.690. The number of aliphatic carboxylic acids is 3. The number of carbonyl (C=O) groups excluding carboxylic acids is 6. The Labute approximate surface area is 310 Å². The van der Waals surface area contributed by atoms with E-state index in [0.717, 1.165) is 0 Å². The highest BCUT2D eigenvalue weighted by atomic mass is 32.1. The van der Waals surface area contributed by atoms with Gasteiger partial charge >= 0.3 is 17.9 Å². The van der Waals surface area contributed by atoms with Crippen molar-refractivity contribution in [3.63, 3.8) is 0 Å². The van der Waals surface area contributed by atoms with E-state index in [2.05, 4.69) is 57.2 Å². The van der Waals surface area contributed by atoms with Crippen molar-refractivity contribution in [1.29, 1.82) is 0 Å². The summed E-state index contributed by atoms with van der Waals surface area (Å²) in [5, 5.41) is 51.1. The highest BCUT2D eigenvalue weighted by Gasteiger charge is 2.35. The van der Waals surface area contributed by atoms with Crippen molar-refractivity contribution in [2.24, 2.45) is 17.4 Å². The number of carbonyl (C=O) groups is 9. The molecule has 0 fully saturated rings. The summed E-state index contributed by atoms with van der Waals surface area (Å²) in [4.78, 5) is 113. The van der Waals surface area contributed by atoms with Crippen molar-refractivity contribution in [2.45, 2.75) is 94.7 Å². The van der Waals surface area contributed by atoms with Crippen LogP contribution in [-0.4, -0.2) is 141 Å². The van der Waals surface area contributed by atoms with E-state index in [9.17, 15) is 58.5 Å². The zero-order valence-electron chi connectivity index (χ0n) is 28.7. The average molecular weight is 783 g/mol. The molecule has 0 aliphatic heterocycles. The van der Waals surface area contributed by atoms with Crippen molar-refractivity contribution >= 4 is 78.6 Å². The van der Waals surface area contributed by atoms with Gasteiger partial charge in [0.05, 0.1) is 25.5 Å². The van der Waals surface area contributed by atoms with Crippen LogP contribution >= 0.6 is 25.3 Å². The van der Waals surface area contributed by atoms with Crippen molar-refractivity contribution in [3.8, 4) is 0 Å². The maximum atomic E-state index is 13.4. The Morgan fingerprint density at radius 2 is 1.06 bits per heavy atom. The van der Waals surface area contributed by atoms with Crippen LogP contribution in [0.15, 0.2) is 0 Å². The van der Waals surface area contributed by atoms with Crippen molar-refractivity contribution in [3.05, 3.63) is 0 Å². The molecule has 0 aliphatic rings. The topological polar surface area (TPSA) is 359 Å². The molecule has 296 valence electrons. The zero-order valence-corrected chi connectivity index (χ0v) is 30.5. The summed E-state index contributed by atoms with van der Waals surface area (Å²) in [6.07, 6.45) is -1.29. The Bertz CT molecular complexity index is 1280. The first-order valence-corrected chi connectivity index (χ1v) is 17.4. The van der Waals surface area contributed by atoms with Gasteiger partial charge in [-0.05, 0) is 31.7 Å². The predicted molar refractivity (Wildman–Crippen MR) is 189 cm³/mol. The molecule has 52 heavy (non-hydrogen) atoms. The molecule has 0 saturated carbocycles. The van der Waals surface area contributed by atoms with E-state index in [1.807, 2.05) is 0 Å². The normalized spacial score (nSPS) is 15.5. The number of hydrogen-bond acceptors (Lipinski definition) is 14. The number of carboxylic acid groups (broad SMARTS) is 3. The number of unbranched alkanes of at least 4 members (excludes halogenated alkanes) is 1. The Hall–Kier alpha value is -4.19. The van der Waals surface area contributed by atoms with E-state index in [-0.39, 0.29) is 30.9 Å². The SMILES string of the molecule is CC[C@H](C)[C@H](NC(=O)[C@@H](N)CS)C(=O)N[C@@H](CC(=O)O)C(=O)N[C@@H](CC(=O)O)C(=O)N[C@@H](CCCCN)C(=O)N[C@@H](CO)C(=O)N[C@@H](CS)C(=O)O. The zero-order chi connectivity index (χ0) is 40.1. The largest absolute Gasteiger partial charge is 0.481 e. The van der Waals surface area contributed by atoms with Crippen LogP contribution in [0, 0.1) is 5.92 Å². The molecule has 0 rings (SSSR count). The minimum atomic E-state index is -1.94. The number of nitrogens with one attached hydrogen (secondary N) is 6. The van der Waals surface area contributed by atoms with Crippen LogP contribution < -0.4 is 43.4 Å². The van der Waals surface area contributed by atoms with Gasteiger partial charge in [0.2, 0.25) is 35.4 Å². The van der Waals surface area contributed by atoms with Crippen LogP contribution in [-0.2, 0) is 43.2 Å².